The number of hydrogen-bond acceptors (Lipinski definition) is 3. The summed E-state index contributed by atoms with van der Waals surface area (Å²) in [5.74, 6) is 1.51. The molecular weight excluding hydrogens is 202 g/mol. The number of rotatable bonds is 2. The number of ketones is 1. The second kappa shape index (κ2) is 5.78. The van der Waals surface area contributed by atoms with Crippen molar-refractivity contribution in [2.75, 3.05) is 32.8 Å². The molecule has 0 aromatic heterocycles. The molecule has 16 heavy (non-hydrogen) atoms. The molecule has 2 atom stereocenters. The van der Waals surface area contributed by atoms with E-state index in [0.29, 0.717) is 11.7 Å². The van der Waals surface area contributed by atoms with Crippen LogP contribution in [0.25, 0.3) is 0 Å². The third kappa shape index (κ3) is 3.29. The van der Waals surface area contributed by atoms with Crippen LogP contribution >= 0.6 is 0 Å². The van der Waals surface area contributed by atoms with Crippen LogP contribution in [0.5, 0.6) is 0 Å². The lowest BCUT2D eigenvalue weighted by Gasteiger charge is -2.30. The van der Waals surface area contributed by atoms with Crippen LogP contribution in [0.3, 0.4) is 0 Å². The summed E-state index contributed by atoms with van der Waals surface area (Å²) >= 11 is 0. The number of carbonyl (C=O) groups is 1. The van der Waals surface area contributed by atoms with Crippen LogP contribution in [-0.4, -0.2) is 43.5 Å². The molecule has 0 amide bonds. The Morgan fingerprint density at radius 1 is 1.38 bits per heavy atom. The van der Waals surface area contributed by atoms with Crippen LogP contribution in [0.15, 0.2) is 0 Å². The van der Waals surface area contributed by atoms with E-state index < -0.39 is 0 Å². The minimum Gasteiger partial charge on any atom is -0.380 e. The summed E-state index contributed by atoms with van der Waals surface area (Å²) in [5, 5.41) is 0. The fraction of sp³-hybridized carbons (Fsp3) is 0.923. The molecule has 1 saturated heterocycles. The number of nitrogens with zero attached hydrogens (tertiary/aromatic N) is 1. The second-order valence-electron chi connectivity index (χ2n) is 5.31. The van der Waals surface area contributed by atoms with E-state index in [0.717, 1.165) is 64.4 Å². The van der Waals surface area contributed by atoms with Gasteiger partial charge in [0.1, 0.15) is 5.78 Å². The highest BCUT2D eigenvalue weighted by Crippen LogP contribution is 2.26. The Morgan fingerprint density at radius 3 is 3.12 bits per heavy atom. The van der Waals surface area contributed by atoms with E-state index in [9.17, 15) is 4.79 Å². The maximum atomic E-state index is 11.8. The number of hydrogen-bond donors (Lipinski definition) is 0. The maximum Gasteiger partial charge on any atom is 0.137 e. The molecule has 2 unspecified atom stereocenters. The Hall–Kier alpha value is -0.410. The molecule has 0 radical (unpaired) electrons. The normalized spacial score (nSPS) is 33.7. The van der Waals surface area contributed by atoms with Crippen molar-refractivity contribution in [1.82, 2.24) is 4.90 Å². The summed E-state index contributed by atoms with van der Waals surface area (Å²) in [6.07, 6.45) is 4.10. The summed E-state index contributed by atoms with van der Waals surface area (Å²) in [5.41, 5.74) is 0. The summed E-state index contributed by atoms with van der Waals surface area (Å²) in [6.45, 7) is 7.04. The molecule has 0 spiro atoms. The van der Waals surface area contributed by atoms with Crippen LogP contribution < -0.4 is 0 Å². The quantitative estimate of drug-likeness (QED) is 0.716. The number of Topliss-reactive ketones (excluding diaryl/α,β-unsaturated/α-hetero) is 1. The third-order valence-electron chi connectivity index (χ3n) is 3.82. The lowest BCUT2D eigenvalue weighted by molar-refractivity contribution is -0.126. The van der Waals surface area contributed by atoms with Crippen molar-refractivity contribution in [3.8, 4) is 0 Å². The van der Waals surface area contributed by atoms with Gasteiger partial charge in [-0.3, -0.25) is 4.79 Å². The van der Waals surface area contributed by atoms with Crippen molar-refractivity contribution in [3.05, 3.63) is 0 Å². The molecule has 0 aromatic rings. The molecule has 0 aromatic carbocycles. The predicted molar refractivity (Wildman–Crippen MR) is 63.4 cm³/mol. The van der Waals surface area contributed by atoms with Gasteiger partial charge in [0.25, 0.3) is 0 Å². The Kier molecular flexibility index (Phi) is 4.36. The smallest absolute Gasteiger partial charge is 0.137 e. The van der Waals surface area contributed by atoms with Gasteiger partial charge < -0.3 is 9.64 Å². The molecule has 1 aliphatic carbocycles. The second-order valence-corrected chi connectivity index (χ2v) is 5.31. The molecule has 2 aliphatic rings. The minimum atomic E-state index is 0.293. The highest BCUT2D eigenvalue weighted by atomic mass is 16.5. The molecule has 2 fully saturated rings. The summed E-state index contributed by atoms with van der Waals surface area (Å²) in [7, 11) is 0. The average Bonchev–Trinajstić information content (AvgIpc) is 2.52. The van der Waals surface area contributed by atoms with Crippen molar-refractivity contribution in [1.29, 1.82) is 0 Å². The van der Waals surface area contributed by atoms with Gasteiger partial charge in [0.05, 0.1) is 6.61 Å². The van der Waals surface area contributed by atoms with E-state index >= 15 is 0 Å². The van der Waals surface area contributed by atoms with Crippen LogP contribution in [0.2, 0.25) is 0 Å². The van der Waals surface area contributed by atoms with Crippen molar-refractivity contribution in [3.63, 3.8) is 0 Å². The Labute approximate surface area is 98.1 Å². The van der Waals surface area contributed by atoms with E-state index in [-0.39, 0.29) is 0 Å². The van der Waals surface area contributed by atoms with Crippen molar-refractivity contribution in [2.24, 2.45) is 11.8 Å². The van der Waals surface area contributed by atoms with Gasteiger partial charge in [-0.05, 0) is 25.2 Å². The van der Waals surface area contributed by atoms with E-state index in [2.05, 4.69) is 11.8 Å². The van der Waals surface area contributed by atoms with Crippen molar-refractivity contribution in [2.45, 2.75) is 32.6 Å². The van der Waals surface area contributed by atoms with Gasteiger partial charge in [0.15, 0.2) is 0 Å². The van der Waals surface area contributed by atoms with Gasteiger partial charge in [-0.2, -0.15) is 0 Å². The molecule has 0 bridgehead atoms. The molecule has 2 rings (SSSR count). The largest absolute Gasteiger partial charge is 0.380 e. The highest BCUT2D eigenvalue weighted by molar-refractivity contribution is 5.81. The van der Waals surface area contributed by atoms with E-state index in [1.807, 2.05) is 0 Å². The highest BCUT2D eigenvalue weighted by Gasteiger charge is 2.28. The van der Waals surface area contributed by atoms with E-state index in [1.54, 1.807) is 0 Å². The van der Waals surface area contributed by atoms with Gasteiger partial charge in [-0.25, -0.2) is 0 Å². The molecule has 3 nitrogen and oxygen atoms in total. The van der Waals surface area contributed by atoms with E-state index in [1.165, 1.54) is 0 Å². The fourth-order valence-corrected chi connectivity index (χ4v) is 2.80. The molecule has 1 heterocycles. The van der Waals surface area contributed by atoms with Crippen LogP contribution in [-0.2, 0) is 9.53 Å². The Balaban J connectivity index is 1.84. The monoisotopic (exact) mass is 225 g/mol. The molecule has 1 aliphatic heterocycles. The first-order valence-electron chi connectivity index (χ1n) is 6.58. The van der Waals surface area contributed by atoms with Gasteiger partial charge in [-0.15, -0.1) is 0 Å². The average molecular weight is 225 g/mol. The zero-order valence-electron chi connectivity index (χ0n) is 10.3. The maximum absolute atomic E-state index is 11.8. The zero-order valence-corrected chi connectivity index (χ0v) is 10.3. The molecule has 92 valence electrons. The first kappa shape index (κ1) is 12.1. The summed E-state index contributed by atoms with van der Waals surface area (Å²) < 4.78 is 5.44. The van der Waals surface area contributed by atoms with Gasteiger partial charge in [-0.1, -0.05) is 6.92 Å². The third-order valence-corrected chi connectivity index (χ3v) is 3.82. The molecule has 3 heteroatoms. The van der Waals surface area contributed by atoms with Crippen LogP contribution in [0.1, 0.15) is 32.6 Å². The number of ether oxygens (including phenoxy) is 1. The van der Waals surface area contributed by atoms with Gasteiger partial charge in [0.2, 0.25) is 0 Å². The van der Waals surface area contributed by atoms with Gasteiger partial charge in [0, 0.05) is 38.6 Å². The SMILES string of the molecule is CC1CCC(=O)C(CN2CCCOCC2)C1. The summed E-state index contributed by atoms with van der Waals surface area (Å²) in [6, 6.07) is 0. The number of carbonyl (C=O) groups excluding carboxylic acids is 1. The topological polar surface area (TPSA) is 29.5 Å². The standard InChI is InChI=1S/C13H23NO2/c1-11-3-4-13(15)12(9-11)10-14-5-2-7-16-8-6-14/h11-12H,2-10H2,1H3. The minimum absolute atomic E-state index is 0.293. The molecular formula is C13H23NO2. The first-order valence-corrected chi connectivity index (χ1v) is 6.58. The zero-order chi connectivity index (χ0) is 11.4. The lowest BCUT2D eigenvalue weighted by Crippen LogP contribution is -2.37. The lowest BCUT2D eigenvalue weighted by atomic mass is 9.81. The van der Waals surface area contributed by atoms with Crippen LogP contribution in [0, 0.1) is 11.8 Å². The van der Waals surface area contributed by atoms with Crippen LogP contribution in [0.4, 0.5) is 0 Å². The Bertz CT molecular complexity index is 234. The Morgan fingerprint density at radius 2 is 2.25 bits per heavy atom. The molecule has 1 saturated carbocycles. The summed E-state index contributed by atoms with van der Waals surface area (Å²) in [4.78, 5) is 14.3. The first-order chi connectivity index (χ1) is 7.75. The molecule has 0 N–H and O–H groups in total. The van der Waals surface area contributed by atoms with E-state index in [4.69, 9.17) is 4.74 Å². The van der Waals surface area contributed by atoms with Crippen molar-refractivity contribution >= 4 is 5.78 Å². The fourth-order valence-electron chi connectivity index (χ4n) is 2.80. The van der Waals surface area contributed by atoms with Crippen molar-refractivity contribution < 1.29 is 9.53 Å². The van der Waals surface area contributed by atoms with Gasteiger partial charge >= 0.3 is 0 Å². The predicted octanol–water partition coefficient (Wildman–Crippen LogP) is 1.71.